The molecule has 226 valence electrons. The van der Waals surface area contributed by atoms with E-state index in [-0.39, 0.29) is 41.4 Å². The number of rotatable bonds is 9. The fourth-order valence-electron chi connectivity index (χ4n) is 6.20. The van der Waals surface area contributed by atoms with E-state index in [1.54, 1.807) is 26.0 Å². The molecule has 2 N–H and O–H groups in total. The molecule has 41 heavy (non-hydrogen) atoms. The number of sulfone groups is 1. The van der Waals surface area contributed by atoms with Gasteiger partial charge in [0.15, 0.2) is 9.84 Å². The summed E-state index contributed by atoms with van der Waals surface area (Å²) in [5.74, 6) is -1.22. The molecule has 3 atom stereocenters. The third kappa shape index (κ3) is 7.11. The number of aliphatic hydroxyl groups is 1. The van der Waals surface area contributed by atoms with Gasteiger partial charge in [-0.3, -0.25) is 14.7 Å². The Balaban J connectivity index is 1.47. The van der Waals surface area contributed by atoms with Crippen molar-refractivity contribution >= 4 is 15.7 Å². The lowest BCUT2D eigenvalue weighted by Gasteiger charge is -2.35. The summed E-state index contributed by atoms with van der Waals surface area (Å²) in [6.07, 6.45) is -2.09. The Labute approximate surface area is 240 Å². The van der Waals surface area contributed by atoms with Crippen LogP contribution in [0, 0.1) is 17.8 Å². The van der Waals surface area contributed by atoms with E-state index in [2.05, 4.69) is 29.0 Å². The molecule has 0 saturated heterocycles. The molecular weight excluding hydrogens is 555 g/mol. The van der Waals surface area contributed by atoms with Gasteiger partial charge in [-0.1, -0.05) is 32.9 Å². The number of pyridine rings is 1. The lowest BCUT2D eigenvalue weighted by Crippen LogP contribution is -2.35. The predicted octanol–water partition coefficient (Wildman–Crippen LogP) is 5.61. The lowest BCUT2D eigenvalue weighted by atomic mass is 9.81. The van der Waals surface area contributed by atoms with Gasteiger partial charge in [-0.15, -0.1) is 0 Å². The van der Waals surface area contributed by atoms with E-state index in [0.29, 0.717) is 37.1 Å². The van der Waals surface area contributed by atoms with Crippen molar-refractivity contribution in [2.45, 2.75) is 89.2 Å². The zero-order valence-corrected chi connectivity index (χ0v) is 24.8. The summed E-state index contributed by atoms with van der Waals surface area (Å²) in [6.45, 7) is 8.57. The first-order valence-electron chi connectivity index (χ1n) is 14.3. The number of nitrogens with zero attached hydrogens (tertiary/aromatic N) is 2. The van der Waals surface area contributed by atoms with E-state index < -0.39 is 40.0 Å². The second-order valence-corrected chi connectivity index (χ2v) is 14.1. The van der Waals surface area contributed by atoms with Crippen LogP contribution in [0.15, 0.2) is 41.4 Å². The van der Waals surface area contributed by atoms with Crippen molar-refractivity contribution in [3.63, 3.8) is 0 Å². The second kappa shape index (κ2) is 12.4. The molecule has 0 bridgehead atoms. The highest BCUT2D eigenvalue weighted by atomic mass is 32.2. The number of hydrogen-bond acceptors (Lipinski definition) is 6. The van der Waals surface area contributed by atoms with E-state index in [1.807, 2.05) is 6.07 Å². The Morgan fingerprint density at radius 3 is 2.29 bits per heavy atom. The van der Waals surface area contributed by atoms with Gasteiger partial charge in [0.05, 0.1) is 46.0 Å². The zero-order valence-electron chi connectivity index (χ0n) is 24.0. The Morgan fingerprint density at radius 1 is 1.12 bits per heavy atom. The molecule has 1 fully saturated rings. The number of halogens is 3. The number of aromatic nitrogens is 1. The van der Waals surface area contributed by atoms with Gasteiger partial charge in [-0.05, 0) is 73.8 Å². The highest BCUT2D eigenvalue weighted by molar-refractivity contribution is 7.91. The van der Waals surface area contributed by atoms with Gasteiger partial charge in [-0.25, -0.2) is 8.42 Å². The highest BCUT2D eigenvalue weighted by Crippen LogP contribution is 2.43. The highest BCUT2D eigenvalue weighted by Gasteiger charge is 2.42. The minimum atomic E-state index is -4.12. The van der Waals surface area contributed by atoms with Crippen LogP contribution in [-0.2, 0) is 16.4 Å². The molecule has 2 heterocycles. The number of hydrogen-bond donors (Lipinski definition) is 2. The first-order valence-corrected chi connectivity index (χ1v) is 16.0. The van der Waals surface area contributed by atoms with Crippen molar-refractivity contribution in [1.29, 1.82) is 0 Å². The summed E-state index contributed by atoms with van der Waals surface area (Å²) < 4.78 is 63.7. The van der Waals surface area contributed by atoms with Gasteiger partial charge < -0.3 is 10.4 Å². The van der Waals surface area contributed by atoms with Gasteiger partial charge in [0.1, 0.15) is 0 Å². The van der Waals surface area contributed by atoms with Crippen LogP contribution in [-0.4, -0.2) is 53.9 Å². The van der Waals surface area contributed by atoms with Crippen LogP contribution in [0.4, 0.5) is 13.2 Å². The molecule has 1 aromatic heterocycles. The van der Waals surface area contributed by atoms with Crippen molar-refractivity contribution in [2.75, 3.05) is 12.3 Å². The smallest absolute Gasteiger partial charge is 0.391 e. The van der Waals surface area contributed by atoms with Crippen LogP contribution < -0.4 is 5.32 Å². The SMILES string of the molecule is CCS(=O)(=O)c1ccc([C@@H](NC(=O)c2cnc3c(c2)CN(CC2CCC(C(F)(F)F)CC2)C3C(C)C)[C@@H](C)O)cc1. The summed E-state index contributed by atoms with van der Waals surface area (Å²) in [4.78, 5) is 20.4. The number of fused-ring (bicyclic) bond motifs is 1. The van der Waals surface area contributed by atoms with Gasteiger partial charge in [-0.2, -0.15) is 13.2 Å². The zero-order chi connectivity index (χ0) is 30.1. The molecular formula is C30H40F3N3O4S. The average molecular weight is 596 g/mol. The fraction of sp³-hybridized carbons (Fsp3) is 0.600. The van der Waals surface area contributed by atoms with Gasteiger partial charge in [0.25, 0.3) is 5.91 Å². The van der Waals surface area contributed by atoms with Crippen molar-refractivity contribution in [3.8, 4) is 0 Å². The number of carbonyl (C=O) groups is 1. The monoisotopic (exact) mass is 595 g/mol. The quantitative estimate of drug-likeness (QED) is 0.391. The Hall–Kier alpha value is -2.50. The summed E-state index contributed by atoms with van der Waals surface area (Å²) in [5.41, 5.74) is 2.72. The standard InChI is InChI=1S/C30H40F3N3O4S/c1-5-41(39,40)25-12-8-21(9-13-25)26(19(4)37)35-29(38)22-14-23-17-36(28(18(2)3)27(23)34-15-22)16-20-6-10-24(11-7-20)30(31,32)33/h8-9,12-15,18-20,24,26,28,37H,5-7,10-11,16-17H2,1-4H3,(H,35,38)/t19-,20?,24?,26+,28?/m1/s1. The van der Waals surface area contributed by atoms with Crippen LogP contribution in [0.2, 0.25) is 0 Å². The first-order chi connectivity index (χ1) is 19.2. The molecule has 2 aliphatic rings. The topological polar surface area (TPSA) is 99.6 Å². The molecule has 1 aliphatic carbocycles. The van der Waals surface area contributed by atoms with Gasteiger partial charge >= 0.3 is 6.18 Å². The normalized spacial score (nSPS) is 23.3. The molecule has 11 heteroatoms. The third-order valence-electron chi connectivity index (χ3n) is 8.49. The molecule has 1 unspecified atom stereocenters. The molecule has 7 nitrogen and oxygen atoms in total. The minimum absolute atomic E-state index is 0.0191. The molecule has 1 amide bonds. The van der Waals surface area contributed by atoms with E-state index in [9.17, 15) is 31.5 Å². The summed E-state index contributed by atoms with van der Waals surface area (Å²) in [7, 11) is -3.37. The van der Waals surface area contributed by atoms with Crippen molar-refractivity contribution in [3.05, 3.63) is 58.9 Å². The first kappa shape index (κ1) is 31.4. The number of benzene rings is 1. The van der Waals surface area contributed by atoms with Crippen LogP contribution in [0.25, 0.3) is 0 Å². The Morgan fingerprint density at radius 2 is 1.76 bits per heavy atom. The maximum absolute atomic E-state index is 13.3. The molecule has 1 saturated carbocycles. The Kier molecular flexibility index (Phi) is 9.50. The fourth-order valence-corrected chi connectivity index (χ4v) is 7.09. The maximum Gasteiger partial charge on any atom is 0.391 e. The third-order valence-corrected chi connectivity index (χ3v) is 10.2. The molecule has 1 aromatic carbocycles. The molecule has 4 rings (SSSR count). The molecule has 1 aliphatic heterocycles. The van der Waals surface area contributed by atoms with Crippen LogP contribution in [0.1, 0.15) is 92.6 Å². The van der Waals surface area contributed by atoms with E-state index in [4.69, 9.17) is 0 Å². The van der Waals surface area contributed by atoms with E-state index >= 15 is 0 Å². The van der Waals surface area contributed by atoms with Crippen molar-refractivity contribution < 1.29 is 31.5 Å². The molecule has 2 aromatic rings. The average Bonchev–Trinajstić information content (AvgIpc) is 3.28. The number of carbonyl (C=O) groups excluding carboxylic acids is 1. The predicted molar refractivity (Wildman–Crippen MR) is 150 cm³/mol. The van der Waals surface area contributed by atoms with Crippen LogP contribution in [0.3, 0.4) is 0 Å². The van der Waals surface area contributed by atoms with E-state index in [0.717, 1.165) is 11.3 Å². The Bertz CT molecular complexity index is 1320. The summed E-state index contributed by atoms with van der Waals surface area (Å²) in [5, 5.41) is 13.3. The van der Waals surface area contributed by atoms with Crippen LogP contribution in [0.5, 0.6) is 0 Å². The largest absolute Gasteiger partial charge is 0.391 e. The number of nitrogens with one attached hydrogen (secondary N) is 1. The number of aliphatic hydroxyl groups excluding tert-OH is 1. The maximum atomic E-state index is 13.3. The van der Waals surface area contributed by atoms with Crippen molar-refractivity contribution in [1.82, 2.24) is 15.2 Å². The minimum Gasteiger partial charge on any atom is -0.391 e. The van der Waals surface area contributed by atoms with Gasteiger partial charge in [0.2, 0.25) is 0 Å². The van der Waals surface area contributed by atoms with Crippen molar-refractivity contribution in [2.24, 2.45) is 17.8 Å². The van der Waals surface area contributed by atoms with Crippen LogP contribution >= 0.6 is 0 Å². The number of amides is 1. The molecule has 0 spiro atoms. The van der Waals surface area contributed by atoms with Gasteiger partial charge in [0, 0.05) is 19.3 Å². The molecule has 0 radical (unpaired) electrons. The summed E-state index contributed by atoms with van der Waals surface area (Å²) >= 11 is 0. The lowest BCUT2D eigenvalue weighted by molar-refractivity contribution is -0.184. The second-order valence-electron chi connectivity index (χ2n) is 11.8. The van der Waals surface area contributed by atoms with E-state index in [1.165, 1.54) is 18.3 Å². The number of alkyl halides is 3. The summed E-state index contributed by atoms with van der Waals surface area (Å²) in [6, 6.07) is 7.20.